The summed E-state index contributed by atoms with van der Waals surface area (Å²) in [7, 11) is 1.61. The molecule has 8 nitrogen and oxygen atoms in total. The van der Waals surface area contributed by atoms with Crippen LogP contribution in [0.25, 0.3) is 27.8 Å². The Labute approximate surface area is 197 Å². The molecule has 178 valence electrons. The van der Waals surface area contributed by atoms with Gasteiger partial charge in [-0.25, -0.2) is 18.9 Å². The number of ether oxygens (including phenoxy) is 1. The number of nitrogens with zero attached hydrogens (tertiary/aromatic N) is 6. The van der Waals surface area contributed by atoms with E-state index in [1.165, 1.54) is 25.7 Å². The van der Waals surface area contributed by atoms with Gasteiger partial charge >= 0.3 is 0 Å². The van der Waals surface area contributed by atoms with E-state index in [0.717, 1.165) is 48.9 Å². The Morgan fingerprint density at radius 2 is 1.97 bits per heavy atom. The summed E-state index contributed by atoms with van der Waals surface area (Å²) in [4.78, 5) is 16.9. The Morgan fingerprint density at radius 1 is 1.18 bits per heavy atom. The number of nitrogens with one attached hydrogen (secondary N) is 1. The lowest BCUT2D eigenvalue weighted by molar-refractivity contribution is 0.247. The number of aromatic nitrogens is 5. The third-order valence-corrected chi connectivity index (χ3v) is 7.11. The van der Waals surface area contributed by atoms with E-state index in [2.05, 4.69) is 43.7 Å². The summed E-state index contributed by atoms with van der Waals surface area (Å²) in [6, 6.07) is 1.92. The van der Waals surface area contributed by atoms with Crippen LogP contribution in [0.3, 0.4) is 0 Å². The van der Waals surface area contributed by atoms with Gasteiger partial charge in [-0.1, -0.05) is 13.8 Å². The highest BCUT2D eigenvalue weighted by Crippen LogP contribution is 2.40. The maximum Gasteiger partial charge on any atom is 0.197 e. The molecule has 0 unspecified atom stereocenters. The quantitative estimate of drug-likeness (QED) is 0.465. The van der Waals surface area contributed by atoms with Crippen LogP contribution >= 0.6 is 0 Å². The zero-order chi connectivity index (χ0) is 23.4. The zero-order valence-electron chi connectivity index (χ0n) is 19.9. The Hall–Kier alpha value is -3.20. The number of hydrogen-bond donors (Lipinski definition) is 1. The SMILES string of the molecule is COc1cc(-c2[nH]c3cnc(N4CCN(CC5CC5)CC4)c(F)c3c2C(C)C)cn2ncnc12. The minimum Gasteiger partial charge on any atom is -0.493 e. The van der Waals surface area contributed by atoms with Crippen molar-refractivity contribution < 1.29 is 9.13 Å². The standard InChI is InChI=1S/C25H30FN7O/c1-15(2)20-21-18(30-23(20)17-10-19(34-3)24-28-14-29-33(24)13-17)11-27-25(22(21)26)32-8-6-31(7-9-32)12-16-4-5-16/h10-11,13-16,30H,4-9,12H2,1-3H3. The number of halogens is 1. The number of pyridine rings is 2. The first kappa shape index (κ1) is 21.3. The van der Waals surface area contributed by atoms with Crippen LogP contribution < -0.4 is 9.64 Å². The fourth-order valence-electron chi connectivity index (χ4n) is 5.18. The molecular formula is C25H30FN7O. The molecule has 4 aromatic heterocycles. The number of hydrogen-bond acceptors (Lipinski definition) is 6. The van der Waals surface area contributed by atoms with Gasteiger partial charge in [0.1, 0.15) is 6.33 Å². The lowest BCUT2D eigenvalue weighted by Gasteiger charge is -2.35. The van der Waals surface area contributed by atoms with Crippen LogP contribution in [-0.4, -0.2) is 69.3 Å². The molecule has 1 aliphatic carbocycles. The highest BCUT2D eigenvalue weighted by Gasteiger charge is 2.29. The monoisotopic (exact) mass is 463 g/mol. The van der Waals surface area contributed by atoms with Gasteiger partial charge in [0.2, 0.25) is 0 Å². The van der Waals surface area contributed by atoms with Gasteiger partial charge < -0.3 is 14.6 Å². The lowest BCUT2D eigenvalue weighted by Crippen LogP contribution is -2.47. The molecule has 0 radical (unpaired) electrons. The molecule has 1 aliphatic heterocycles. The summed E-state index contributed by atoms with van der Waals surface area (Å²) in [5, 5.41) is 4.90. The summed E-state index contributed by atoms with van der Waals surface area (Å²) < 4.78 is 23.3. The first-order chi connectivity index (χ1) is 16.5. The second-order valence-corrected chi connectivity index (χ2v) is 9.81. The average Bonchev–Trinajstić information content (AvgIpc) is 3.36. The van der Waals surface area contributed by atoms with Crippen LogP contribution in [0.5, 0.6) is 5.75 Å². The van der Waals surface area contributed by atoms with Gasteiger partial charge in [-0.3, -0.25) is 4.90 Å². The van der Waals surface area contributed by atoms with Crippen molar-refractivity contribution in [2.75, 3.05) is 44.7 Å². The summed E-state index contributed by atoms with van der Waals surface area (Å²) in [5.41, 5.74) is 4.00. The van der Waals surface area contributed by atoms with Crippen molar-refractivity contribution in [1.29, 1.82) is 0 Å². The molecule has 0 atom stereocenters. The van der Waals surface area contributed by atoms with Gasteiger partial charge in [-0.2, -0.15) is 5.10 Å². The van der Waals surface area contributed by atoms with Crippen molar-refractivity contribution in [2.45, 2.75) is 32.6 Å². The molecule has 0 bridgehead atoms. The smallest absolute Gasteiger partial charge is 0.197 e. The van der Waals surface area contributed by atoms with Crippen LogP contribution in [0.2, 0.25) is 0 Å². The Bertz CT molecular complexity index is 1350. The van der Waals surface area contributed by atoms with Crippen LogP contribution in [0, 0.1) is 11.7 Å². The molecule has 6 rings (SSSR count). The molecule has 2 fully saturated rings. The zero-order valence-corrected chi connectivity index (χ0v) is 19.9. The number of anilines is 1. The second-order valence-electron chi connectivity index (χ2n) is 9.81. The third kappa shape index (κ3) is 3.58. The molecule has 1 saturated carbocycles. The van der Waals surface area contributed by atoms with Gasteiger partial charge in [-0.15, -0.1) is 0 Å². The largest absolute Gasteiger partial charge is 0.493 e. The normalized spacial score (nSPS) is 17.4. The fourth-order valence-corrected chi connectivity index (χ4v) is 5.18. The second kappa shape index (κ2) is 8.23. The predicted octanol–water partition coefficient (Wildman–Crippen LogP) is 4.08. The topological polar surface area (TPSA) is 74.6 Å². The van der Waals surface area contributed by atoms with E-state index in [4.69, 9.17) is 4.74 Å². The highest BCUT2D eigenvalue weighted by atomic mass is 19.1. The molecule has 4 aromatic rings. The predicted molar refractivity (Wildman–Crippen MR) is 130 cm³/mol. The maximum atomic E-state index is 16.1. The van der Waals surface area contributed by atoms with E-state index >= 15 is 4.39 Å². The fraction of sp³-hybridized carbons (Fsp3) is 0.480. The van der Waals surface area contributed by atoms with Gasteiger partial charge in [0, 0.05) is 49.9 Å². The maximum absolute atomic E-state index is 16.1. The highest BCUT2D eigenvalue weighted by molar-refractivity contribution is 5.93. The van der Waals surface area contributed by atoms with Crippen LogP contribution in [-0.2, 0) is 0 Å². The van der Waals surface area contributed by atoms with E-state index in [-0.39, 0.29) is 11.7 Å². The molecule has 0 spiro atoms. The van der Waals surface area contributed by atoms with Crippen LogP contribution in [0.15, 0.2) is 24.8 Å². The van der Waals surface area contributed by atoms with Crippen molar-refractivity contribution in [3.8, 4) is 17.0 Å². The molecule has 1 saturated heterocycles. The Morgan fingerprint density at radius 3 is 2.68 bits per heavy atom. The summed E-state index contributed by atoms with van der Waals surface area (Å²) in [5.74, 6) is 1.80. The molecule has 34 heavy (non-hydrogen) atoms. The van der Waals surface area contributed by atoms with Crippen LogP contribution in [0.1, 0.15) is 38.2 Å². The minimum absolute atomic E-state index is 0.0985. The van der Waals surface area contributed by atoms with E-state index in [1.807, 2.05) is 12.3 Å². The number of methoxy groups -OCH3 is 1. The van der Waals surface area contributed by atoms with Gasteiger partial charge in [0.15, 0.2) is 23.0 Å². The van der Waals surface area contributed by atoms with Crippen LogP contribution in [0.4, 0.5) is 10.2 Å². The molecule has 0 amide bonds. The van der Waals surface area contributed by atoms with E-state index in [1.54, 1.807) is 17.8 Å². The van der Waals surface area contributed by atoms with Crippen molar-refractivity contribution in [1.82, 2.24) is 29.5 Å². The average molecular weight is 464 g/mol. The van der Waals surface area contributed by atoms with Crippen molar-refractivity contribution in [3.05, 3.63) is 36.2 Å². The minimum atomic E-state index is -0.242. The van der Waals surface area contributed by atoms with Crippen molar-refractivity contribution in [3.63, 3.8) is 0 Å². The number of rotatable bonds is 6. The summed E-state index contributed by atoms with van der Waals surface area (Å²) in [6.45, 7) is 8.89. The summed E-state index contributed by atoms with van der Waals surface area (Å²) >= 11 is 0. The van der Waals surface area contributed by atoms with E-state index in [0.29, 0.717) is 28.1 Å². The van der Waals surface area contributed by atoms with Gasteiger partial charge in [0.05, 0.1) is 24.5 Å². The Balaban J connectivity index is 1.40. The van der Waals surface area contributed by atoms with Gasteiger partial charge in [0.25, 0.3) is 0 Å². The number of aromatic amines is 1. The molecule has 9 heteroatoms. The molecule has 0 aromatic carbocycles. The molecule has 2 aliphatic rings. The molecule has 1 N–H and O–H groups in total. The summed E-state index contributed by atoms with van der Waals surface area (Å²) in [6.07, 6.45) is 7.88. The molecular weight excluding hydrogens is 433 g/mol. The number of piperazine rings is 1. The van der Waals surface area contributed by atoms with Crippen molar-refractivity contribution in [2.24, 2.45) is 5.92 Å². The number of H-pyrrole nitrogens is 1. The first-order valence-corrected chi connectivity index (χ1v) is 12.1. The number of fused-ring (bicyclic) bond motifs is 2. The third-order valence-electron chi connectivity index (χ3n) is 7.11. The molecule has 5 heterocycles. The lowest BCUT2D eigenvalue weighted by atomic mass is 9.96. The first-order valence-electron chi connectivity index (χ1n) is 12.1. The van der Waals surface area contributed by atoms with Gasteiger partial charge in [-0.05, 0) is 36.3 Å². The van der Waals surface area contributed by atoms with Crippen molar-refractivity contribution >= 4 is 22.4 Å². The van der Waals surface area contributed by atoms with E-state index < -0.39 is 0 Å². The Kier molecular flexibility index (Phi) is 5.17. The van der Waals surface area contributed by atoms with E-state index in [9.17, 15) is 0 Å².